The van der Waals surface area contributed by atoms with Crippen molar-refractivity contribution in [2.24, 2.45) is 0 Å². The molecule has 214 valence electrons. The van der Waals surface area contributed by atoms with Gasteiger partial charge in [-0.2, -0.15) is 0 Å². The third-order valence-corrected chi connectivity index (χ3v) is 7.42. The van der Waals surface area contributed by atoms with Crippen molar-refractivity contribution in [2.45, 2.75) is 58.2 Å². The molecule has 1 aliphatic carbocycles. The number of carbonyl (C=O) groups is 2. The summed E-state index contributed by atoms with van der Waals surface area (Å²) in [6.07, 6.45) is 4.68. The van der Waals surface area contributed by atoms with Gasteiger partial charge >= 0.3 is 12.1 Å². The van der Waals surface area contributed by atoms with Crippen molar-refractivity contribution < 1.29 is 19.4 Å². The van der Waals surface area contributed by atoms with Gasteiger partial charge < -0.3 is 25.1 Å². The van der Waals surface area contributed by atoms with Crippen LogP contribution in [-0.4, -0.2) is 61.2 Å². The van der Waals surface area contributed by atoms with Crippen LogP contribution in [0, 0.1) is 13.8 Å². The number of carbonyl (C=O) groups excluding carboxylic acids is 1. The summed E-state index contributed by atoms with van der Waals surface area (Å²) in [6, 6.07) is 15.2. The highest BCUT2D eigenvalue weighted by Gasteiger charge is 2.29. The number of nitrogens with zero attached hydrogens (tertiary/aromatic N) is 3. The largest absolute Gasteiger partial charge is 0.480 e. The van der Waals surface area contributed by atoms with E-state index < -0.39 is 18.1 Å². The first kappa shape index (κ1) is 28.1. The topological polar surface area (TPSA) is 136 Å². The maximum atomic E-state index is 12.7. The third-order valence-electron chi connectivity index (χ3n) is 7.42. The number of hydrogen-bond donors (Lipinski definition) is 4. The first-order valence-corrected chi connectivity index (χ1v) is 14.0. The second-order valence-corrected chi connectivity index (χ2v) is 10.5. The van der Waals surface area contributed by atoms with Crippen LogP contribution in [0.2, 0.25) is 0 Å². The molecule has 2 heterocycles. The Morgan fingerprint density at radius 3 is 2.00 bits per heavy atom. The van der Waals surface area contributed by atoms with E-state index in [9.17, 15) is 14.7 Å². The Kier molecular flexibility index (Phi) is 8.79. The number of fused-ring (bicyclic) bond motifs is 3. The monoisotopic (exact) mass is 556 g/mol. The number of nitrogens with one attached hydrogen (secondary N) is 3. The molecule has 1 amide bonds. The van der Waals surface area contributed by atoms with Crippen LogP contribution in [-0.2, 0) is 22.6 Å². The summed E-state index contributed by atoms with van der Waals surface area (Å²) >= 11 is 0. The molecule has 10 nitrogen and oxygen atoms in total. The zero-order chi connectivity index (χ0) is 28.8. The number of carboxylic acid groups (broad SMARTS) is 1. The molecule has 5 rings (SSSR count). The molecule has 0 unspecified atom stereocenters. The molecule has 0 radical (unpaired) electrons. The van der Waals surface area contributed by atoms with Gasteiger partial charge in [0.15, 0.2) is 0 Å². The van der Waals surface area contributed by atoms with Gasteiger partial charge in [0.1, 0.15) is 24.3 Å². The van der Waals surface area contributed by atoms with Crippen LogP contribution in [0.25, 0.3) is 11.1 Å². The van der Waals surface area contributed by atoms with E-state index in [-0.39, 0.29) is 12.5 Å². The van der Waals surface area contributed by atoms with Crippen molar-refractivity contribution in [3.8, 4) is 11.1 Å². The fourth-order valence-corrected chi connectivity index (χ4v) is 5.45. The number of rotatable bonds is 13. The molecule has 1 atom stereocenters. The fourth-order valence-electron chi connectivity index (χ4n) is 5.45. The highest BCUT2D eigenvalue weighted by atomic mass is 16.5. The molecule has 2 aromatic carbocycles. The average molecular weight is 557 g/mol. The van der Waals surface area contributed by atoms with Crippen LogP contribution in [0.5, 0.6) is 0 Å². The van der Waals surface area contributed by atoms with Crippen LogP contribution in [0.15, 0.2) is 60.9 Å². The highest BCUT2D eigenvalue weighted by Crippen LogP contribution is 2.44. The SMILES string of the molecule is Cc1c[nH]c(CN(CCCC[C@H](NC(=O)OCC2c3ccccc3-c3ccccc32)C(=O)O)Cc2nc(C)c[nH]2)n1. The van der Waals surface area contributed by atoms with Gasteiger partial charge in [-0.15, -0.1) is 0 Å². The molecule has 2 aromatic heterocycles. The van der Waals surface area contributed by atoms with Gasteiger partial charge in [-0.3, -0.25) is 4.90 Å². The molecule has 1 aliphatic rings. The molecular weight excluding hydrogens is 520 g/mol. The lowest BCUT2D eigenvalue weighted by atomic mass is 9.98. The molecule has 41 heavy (non-hydrogen) atoms. The zero-order valence-corrected chi connectivity index (χ0v) is 23.4. The number of aliphatic carboxylic acids is 1. The second kappa shape index (κ2) is 12.8. The van der Waals surface area contributed by atoms with E-state index in [1.54, 1.807) is 0 Å². The van der Waals surface area contributed by atoms with Crippen molar-refractivity contribution in [1.82, 2.24) is 30.2 Å². The minimum absolute atomic E-state index is 0.0849. The van der Waals surface area contributed by atoms with Crippen molar-refractivity contribution in [3.05, 3.63) is 95.1 Å². The van der Waals surface area contributed by atoms with E-state index in [1.165, 1.54) is 0 Å². The Bertz CT molecular complexity index is 1410. The molecule has 4 N–H and O–H groups in total. The summed E-state index contributed by atoms with van der Waals surface area (Å²) in [6.45, 7) is 5.98. The van der Waals surface area contributed by atoms with Crippen LogP contribution in [0.3, 0.4) is 0 Å². The molecule has 0 bridgehead atoms. The lowest BCUT2D eigenvalue weighted by molar-refractivity contribution is -0.139. The number of aromatic nitrogens is 4. The highest BCUT2D eigenvalue weighted by molar-refractivity contribution is 5.81. The first-order valence-electron chi connectivity index (χ1n) is 14.0. The molecule has 4 aromatic rings. The number of alkyl carbamates (subject to hydrolysis) is 1. The van der Waals surface area contributed by atoms with Gasteiger partial charge in [0.25, 0.3) is 0 Å². The number of ether oxygens (including phenoxy) is 1. The van der Waals surface area contributed by atoms with Crippen molar-refractivity contribution >= 4 is 12.1 Å². The number of benzene rings is 2. The zero-order valence-electron chi connectivity index (χ0n) is 23.4. The van der Waals surface area contributed by atoms with Crippen LogP contribution in [0.1, 0.15) is 59.3 Å². The van der Waals surface area contributed by atoms with E-state index in [2.05, 4.69) is 42.3 Å². The van der Waals surface area contributed by atoms with Crippen LogP contribution >= 0.6 is 0 Å². The van der Waals surface area contributed by atoms with Gasteiger partial charge in [-0.05, 0) is 61.9 Å². The molecule has 0 saturated heterocycles. The number of amides is 1. The quantitative estimate of drug-likeness (QED) is 0.172. The number of imidazole rings is 2. The Morgan fingerprint density at radius 1 is 0.927 bits per heavy atom. The molecule has 0 spiro atoms. The van der Waals surface area contributed by atoms with Crippen molar-refractivity contribution in [2.75, 3.05) is 13.2 Å². The smallest absolute Gasteiger partial charge is 0.407 e. The van der Waals surface area contributed by atoms with Crippen LogP contribution in [0.4, 0.5) is 4.79 Å². The summed E-state index contributed by atoms with van der Waals surface area (Å²) in [5.74, 6) is 0.572. The minimum Gasteiger partial charge on any atom is -0.480 e. The number of hydrogen-bond acceptors (Lipinski definition) is 6. The summed E-state index contributed by atoms with van der Waals surface area (Å²) in [4.78, 5) is 42.2. The number of aryl methyl sites for hydroxylation is 2. The number of aromatic amines is 2. The summed E-state index contributed by atoms with van der Waals surface area (Å²) in [7, 11) is 0. The van der Waals surface area contributed by atoms with Gasteiger partial charge in [-0.25, -0.2) is 19.6 Å². The van der Waals surface area contributed by atoms with Crippen molar-refractivity contribution in [1.29, 1.82) is 0 Å². The van der Waals surface area contributed by atoms with E-state index in [0.29, 0.717) is 25.9 Å². The normalized spacial score (nSPS) is 13.1. The second-order valence-electron chi connectivity index (χ2n) is 10.5. The summed E-state index contributed by atoms with van der Waals surface area (Å²) in [5, 5.41) is 12.3. The molecule has 10 heteroatoms. The molecule has 0 saturated carbocycles. The fraction of sp³-hybridized carbons (Fsp3) is 0.355. The average Bonchev–Trinajstić information content (AvgIpc) is 3.65. The van der Waals surface area contributed by atoms with Gasteiger partial charge in [-0.1, -0.05) is 48.5 Å². The predicted molar refractivity (Wildman–Crippen MR) is 154 cm³/mol. The maximum Gasteiger partial charge on any atom is 0.407 e. The van der Waals surface area contributed by atoms with Gasteiger partial charge in [0.05, 0.1) is 24.5 Å². The summed E-state index contributed by atoms with van der Waals surface area (Å²) < 4.78 is 5.56. The number of carboxylic acids is 1. The standard InChI is InChI=1S/C31H36N6O4/c1-20-15-32-28(34-20)17-37(18-29-33-16-21(2)35-29)14-8-7-13-27(30(38)39)36-31(40)41-19-26-24-11-5-3-9-22(24)23-10-4-6-12-25(23)26/h3-6,9-12,15-16,26-27H,7-8,13-14,17-19H2,1-2H3,(H,32,34)(H,33,35)(H,36,40)(H,38,39)/t27-/m0/s1. The van der Waals surface area contributed by atoms with E-state index in [1.807, 2.05) is 62.6 Å². The van der Waals surface area contributed by atoms with Crippen molar-refractivity contribution in [3.63, 3.8) is 0 Å². The van der Waals surface area contributed by atoms with E-state index in [4.69, 9.17) is 4.74 Å². The predicted octanol–water partition coefficient (Wildman–Crippen LogP) is 4.91. The Labute approximate surface area is 239 Å². The molecular formula is C31H36N6O4. The number of H-pyrrole nitrogens is 2. The minimum atomic E-state index is -1.08. The van der Waals surface area contributed by atoms with E-state index in [0.717, 1.165) is 58.3 Å². The first-order chi connectivity index (χ1) is 19.9. The third kappa shape index (κ3) is 7.01. The maximum absolute atomic E-state index is 12.7. The van der Waals surface area contributed by atoms with Gasteiger partial charge in [0, 0.05) is 18.3 Å². The van der Waals surface area contributed by atoms with Crippen LogP contribution < -0.4 is 5.32 Å². The van der Waals surface area contributed by atoms with E-state index >= 15 is 0 Å². The molecule has 0 fully saturated rings. The summed E-state index contributed by atoms with van der Waals surface area (Å²) in [5.41, 5.74) is 6.35. The van der Waals surface area contributed by atoms with Gasteiger partial charge in [0.2, 0.25) is 0 Å². The Hall–Kier alpha value is -4.44. The lowest BCUT2D eigenvalue weighted by Gasteiger charge is -2.21. The molecule has 0 aliphatic heterocycles. The Balaban J connectivity index is 1.12. The number of unbranched alkanes of at least 4 members (excludes halogenated alkanes) is 1. The Morgan fingerprint density at radius 2 is 1.49 bits per heavy atom. The lowest BCUT2D eigenvalue weighted by Crippen LogP contribution is -2.41.